The molecule has 38 heavy (non-hydrogen) atoms. The lowest BCUT2D eigenvalue weighted by molar-refractivity contribution is 0.403. The Morgan fingerprint density at radius 2 is 1.29 bits per heavy atom. The van der Waals surface area contributed by atoms with Gasteiger partial charge in [-0.15, -0.1) is 11.3 Å². The van der Waals surface area contributed by atoms with Crippen LogP contribution in [0.4, 0.5) is 0 Å². The lowest BCUT2D eigenvalue weighted by atomic mass is 10.1. The molecule has 1 aliphatic heterocycles. The van der Waals surface area contributed by atoms with Crippen LogP contribution in [-0.2, 0) is 0 Å². The number of para-hydroxylation sites is 1. The number of nitrogens with one attached hydrogen (secondary N) is 2. The Bertz CT molecular complexity index is 1990. The second-order valence-electron chi connectivity index (χ2n) is 9.71. The Morgan fingerprint density at radius 3 is 2.11 bits per heavy atom. The van der Waals surface area contributed by atoms with Crippen LogP contribution in [0.15, 0.2) is 126 Å². The highest BCUT2D eigenvalue weighted by molar-refractivity contribution is 7.26. The summed E-state index contributed by atoms with van der Waals surface area (Å²) in [6, 6.07) is 42.9. The van der Waals surface area contributed by atoms with Crippen LogP contribution in [0.25, 0.3) is 42.0 Å². The summed E-state index contributed by atoms with van der Waals surface area (Å²) in [6.07, 6.45) is -0.264. The summed E-state index contributed by atoms with van der Waals surface area (Å²) in [4.78, 5) is 5.25. The zero-order valence-corrected chi connectivity index (χ0v) is 21.3. The zero-order valence-electron chi connectivity index (χ0n) is 20.5. The van der Waals surface area contributed by atoms with E-state index in [2.05, 4.69) is 130 Å². The van der Waals surface area contributed by atoms with Gasteiger partial charge in [-0.1, -0.05) is 103 Å². The number of benzene rings is 5. The Hall–Kier alpha value is -4.45. The van der Waals surface area contributed by atoms with Gasteiger partial charge in [0.1, 0.15) is 12.3 Å². The molecule has 0 spiro atoms. The quantitative estimate of drug-likeness (QED) is 0.249. The van der Waals surface area contributed by atoms with Gasteiger partial charge < -0.3 is 5.32 Å². The second kappa shape index (κ2) is 8.55. The van der Waals surface area contributed by atoms with Crippen molar-refractivity contribution in [1.29, 1.82) is 0 Å². The van der Waals surface area contributed by atoms with Gasteiger partial charge in [-0.25, -0.2) is 4.99 Å². The average Bonchev–Trinajstić information content (AvgIpc) is 3.53. The third-order valence-corrected chi connectivity index (χ3v) is 8.69. The molecule has 0 saturated carbocycles. The standard InChI is InChI=1S/C33H24N4S/c1-3-11-21(12-4-1)31-34-32(22-13-5-2-6-14-22)36-33(35-31)37-26-17-9-7-16-25(26)29-27(37)20-19-24-23-15-8-10-18-28(23)38-30(24)29/h1-20,31-32,34H,(H,35,36). The third kappa shape index (κ3) is 3.29. The van der Waals surface area contributed by atoms with Crippen molar-refractivity contribution in [3.63, 3.8) is 0 Å². The molecule has 2 atom stereocenters. The first-order chi connectivity index (χ1) is 18.8. The van der Waals surface area contributed by atoms with Gasteiger partial charge in [0.25, 0.3) is 0 Å². The summed E-state index contributed by atoms with van der Waals surface area (Å²) >= 11 is 1.87. The molecule has 2 aromatic heterocycles. The largest absolute Gasteiger partial charge is 0.336 e. The highest BCUT2D eigenvalue weighted by atomic mass is 32.1. The number of aliphatic imine (C=N–C) groups is 1. The Balaban J connectivity index is 1.40. The van der Waals surface area contributed by atoms with E-state index >= 15 is 0 Å². The molecule has 2 unspecified atom stereocenters. The number of rotatable bonds is 2. The molecular formula is C33H24N4S. The van der Waals surface area contributed by atoms with Gasteiger partial charge in [0.05, 0.1) is 11.0 Å². The predicted octanol–water partition coefficient (Wildman–Crippen LogP) is 7.96. The number of nitrogens with zero attached hydrogens (tertiary/aromatic N) is 2. The van der Waals surface area contributed by atoms with Crippen LogP contribution in [0, 0.1) is 0 Å². The van der Waals surface area contributed by atoms with Crippen molar-refractivity contribution < 1.29 is 0 Å². The van der Waals surface area contributed by atoms with Crippen molar-refractivity contribution >= 4 is 59.3 Å². The third-order valence-electron chi connectivity index (χ3n) is 7.49. The summed E-state index contributed by atoms with van der Waals surface area (Å²) in [5, 5.41) is 12.6. The maximum absolute atomic E-state index is 5.25. The van der Waals surface area contributed by atoms with Crippen LogP contribution in [0.3, 0.4) is 0 Å². The van der Waals surface area contributed by atoms with Crippen LogP contribution < -0.4 is 10.6 Å². The molecule has 0 aliphatic carbocycles. The van der Waals surface area contributed by atoms with Crippen molar-refractivity contribution in [1.82, 2.24) is 15.2 Å². The van der Waals surface area contributed by atoms with Gasteiger partial charge in [0.2, 0.25) is 5.96 Å². The van der Waals surface area contributed by atoms with Crippen molar-refractivity contribution in [2.75, 3.05) is 0 Å². The first kappa shape index (κ1) is 21.6. The molecule has 0 fully saturated rings. The molecular weight excluding hydrogens is 484 g/mol. The molecule has 0 radical (unpaired) electrons. The molecule has 7 aromatic rings. The summed E-state index contributed by atoms with van der Waals surface area (Å²) < 4.78 is 4.95. The molecule has 2 N–H and O–H groups in total. The summed E-state index contributed by atoms with van der Waals surface area (Å²) in [6.45, 7) is 0. The van der Waals surface area contributed by atoms with E-state index < -0.39 is 0 Å². The van der Waals surface area contributed by atoms with Gasteiger partial charge in [-0.05, 0) is 29.3 Å². The second-order valence-corrected chi connectivity index (χ2v) is 10.8. The SMILES string of the molecule is c1ccc(C2N=C(n3c4ccccc4c4c5sc6ccccc6c5ccc43)NC(c3ccccc3)N2)cc1. The molecule has 5 heteroatoms. The Labute approximate surface area is 223 Å². The Morgan fingerprint density at radius 1 is 0.605 bits per heavy atom. The lowest BCUT2D eigenvalue weighted by Gasteiger charge is -2.32. The molecule has 4 nitrogen and oxygen atoms in total. The van der Waals surface area contributed by atoms with Gasteiger partial charge in [-0.2, -0.15) is 0 Å². The highest BCUT2D eigenvalue weighted by Crippen LogP contribution is 2.42. The van der Waals surface area contributed by atoms with Gasteiger partial charge >= 0.3 is 0 Å². The minimum atomic E-state index is -0.179. The molecule has 0 amide bonds. The summed E-state index contributed by atoms with van der Waals surface area (Å²) in [5.41, 5.74) is 4.63. The fourth-order valence-electron chi connectivity index (χ4n) is 5.74. The molecule has 182 valence electrons. The van der Waals surface area contributed by atoms with Crippen LogP contribution in [0.5, 0.6) is 0 Å². The maximum atomic E-state index is 5.25. The topological polar surface area (TPSA) is 41.4 Å². The monoisotopic (exact) mass is 508 g/mol. The van der Waals surface area contributed by atoms with Crippen LogP contribution in [-0.4, -0.2) is 10.5 Å². The lowest BCUT2D eigenvalue weighted by Crippen LogP contribution is -2.47. The van der Waals surface area contributed by atoms with E-state index in [1.165, 1.54) is 36.5 Å². The number of hydrogen-bond donors (Lipinski definition) is 2. The Kier molecular flexibility index (Phi) is 4.87. The smallest absolute Gasteiger partial charge is 0.206 e. The minimum absolute atomic E-state index is 0.0850. The van der Waals surface area contributed by atoms with Crippen molar-refractivity contribution in [3.05, 3.63) is 132 Å². The van der Waals surface area contributed by atoms with Crippen LogP contribution in [0.2, 0.25) is 0 Å². The normalized spacial score (nSPS) is 17.7. The first-order valence-electron chi connectivity index (χ1n) is 12.9. The minimum Gasteiger partial charge on any atom is -0.336 e. The molecule has 5 aromatic carbocycles. The van der Waals surface area contributed by atoms with Crippen molar-refractivity contribution in [3.8, 4) is 0 Å². The van der Waals surface area contributed by atoms with E-state index in [-0.39, 0.29) is 12.3 Å². The van der Waals surface area contributed by atoms with E-state index in [4.69, 9.17) is 4.99 Å². The molecule has 3 heterocycles. The summed E-state index contributed by atoms with van der Waals surface area (Å²) in [7, 11) is 0. The van der Waals surface area contributed by atoms with Gasteiger partial charge in [0, 0.05) is 30.9 Å². The number of thiophene rings is 1. The van der Waals surface area contributed by atoms with E-state index in [1.807, 2.05) is 17.4 Å². The van der Waals surface area contributed by atoms with E-state index in [0.717, 1.165) is 22.6 Å². The first-order valence-corrected chi connectivity index (χ1v) is 13.7. The fraction of sp³-hybridized carbons (Fsp3) is 0.0606. The van der Waals surface area contributed by atoms with Gasteiger partial charge in [-0.3, -0.25) is 9.88 Å². The number of fused-ring (bicyclic) bond motifs is 7. The van der Waals surface area contributed by atoms with Crippen molar-refractivity contribution in [2.24, 2.45) is 4.99 Å². The van der Waals surface area contributed by atoms with Crippen LogP contribution >= 0.6 is 11.3 Å². The number of hydrogen-bond acceptors (Lipinski definition) is 4. The average molecular weight is 509 g/mol. The van der Waals surface area contributed by atoms with E-state index in [9.17, 15) is 0 Å². The molecule has 0 bridgehead atoms. The van der Waals surface area contributed by atoms with Crippen molar-refractivity contribution in [2.45, 2.75) is 12.3 Å². The van der Waals surface area contributed by atoms with E-state index in [0.29, 0.717) is 0 Å². The predicted molar refractivity (Wildman–Crippen MR) is 160 cm³/mol. The zero-order chi connectivity index (χ0) is 25.1. The fourth-order valence-corrected chi connectivity index (χ4v) is 7.00. The number of aromatic nitrogens is 1. The van der Waals surface area contributed by atoms with E-state index in [1.54, 1.807) is 0 Å². The molecule has 0 saturated heterocycles. The highest BCUT2D eigenvalue weighted by Gasteiger charge is 2.27. The van der Waals surface area contributed by atoms with Crippen LogP contribution in [0.1, 0.15) is 23.5 Å². The molecule has 8 rings (SSSR count). The summed E-state index contributed by atoms with van der Waals surface area (Å²) in [5.74, 6) is 0.845. The van der Waals surface area contributed by atoms with Gasteiger partial charge in [0.15, 0.2) is 0 Å². The molecule has 1 aliphatic rings. The maximum Gasteiger partial charge on any atom is 0.206 e.